The zero-order valence-electron chi connectivity index (χ0n) is 13.4. The number of Topliss-reactive ketones (excluding diaryl/α,β-unsaturated/α-hetero) is 1. The quantitative estimate of drug-likeness (QED) is 0.285. The van der Waals surface area contributed by atoms with Gasteiger partial charge in [-0.3, -0.25) is 4.79 Å². The molecule has 0 fully saturated rings. The van der Waals surface area contributed by atoms with Gasteiger partial charge in [0.2, 0.25) is 0 Å². The van der Waals surface area contributed by atoms with Crippen LogP contribution in [0.25, 0.3) is 0 Å². The summed E-state index contributed by atoms with van der Waals surface area (Å²) in [4.78, 5) is 23.5. The highest BCUT2D eigenvalue weighted by molar-refractivity contribution is 14.1. The molecular formula is C17H21IO5. The van der Waals surface area contributed by atoms with Crippen molar-refractivity contribution in [1.29, 1.82) is 0 Å². The fourth-order valence-corrected chi connectivity index (χ4v) is 3.12. The van der Waals surface area contributed by atoms with E-state index in [0.717, 1.165) is 23.7 Å². The molecule has 0 radical (unpaired) electrons. The predicted octanol–water partition coefficient (Wildman–Crippen LogP) is 3.57. The van der Waals surface area contributed by atoms with Gasteiger partial charge < -0.3 is 14.2 Å². The SMILES string of the molecule is COC(=O)COc1ccc2c(c1)OC(C)(CCCCI)CC2=O. The van der Waals surface area contributed by atoms with Gasteiger partial charge in [0.25, 0.3) is 0 Å². The zero-order chi connectivity index (χ0) is 16.9. The minimum Gasteiger partial charge on any atom is -0.486 e. The van der Waals surface area contributed by atoms with Crippen molar-refractivity contribution in [3.63, 3.8) is 0 Å². The van der Waals surface area contributed by atoms with Crippen LogP contribution in [-0.2, 0) is 9.53 Å². The molecule has 2 rings (SSSR count). The largest absolute Gasteiger partial charge is 0.486 e. The molecule has 1 aliphatic rings. The third-order valence-corrected chi connectivity index (χ3v) is 4.58. The smallest absolute Gasteiger partial charge is 0.343 e. The Kier molecular flexibility index (Phi) is 6.26. The second kappa shape index (κ2) is 7.99. The average molecular weight is 432 g/mol. The van der Waals surface area contributed by atoms with Crippen molar-refractivity contribution in [3.8, 4) is 11.5 Å². The van der Waals surface area contributed by atoms with Crippen LogP contribution in [0.2, 0.25) is 0 Å². The second-order valence-electron chi connectivity index (χ2n) is 5.82. The van der Waals surface area contributed by atoms with E-state index in [9.17, 15) is 9.59 Å². The first-order valence-corrected chi connectivity index (χ1v) is 9.12. The Morgan fingerprint density at radius 1 is 1.39 bits per heavy atom. The lowest BCUT2D eigenvalue weighted by Crippen LogP contribution is -2.39. The third-order valence-electron chi connectivity index (χ3n) is 3.82. The number of fused-ring (bicyclic) bond motifs is 1. The summed E-state index contributed by atoms with van der Waals surface area (Å²) in [5, 5.41) is 0. The van der Waals surface area contributed by atoms with Gasteiger partial charge in [-0.15, -0.1) is 0 Å². The topological polar surface area (TPSA) is 61.8 Å². The Balaban J connectivity index is 2.11. The number of alkyl halides is 1. The lowest BCUT2D eigenvalue weighted by Gasteiger charge is -2.35. The molecule has 0 N–H and O–H groups in total. The summed E-state index contributed by atoms with van der Waals surface area (Å²) in [6.07, 6.45) is 3.38. The molecule has 0 aromatic heterocycles. The first-order valence-electron chi connectivity index (χ1n) is 7.59. The monoisotopic (exact) mass is 432 g/mol. The number of unbranched alkanes of at least 4 members (excludes halogenated alkanes) is 1. The Morgan fingerprint density at radius 2 is 2.17 bits per heavy atom. The first-order chi connectivity index (χ1) is 11.0. The van der Waals surface area contributed by atoms with Crippen molar-refractivity contribution >= 4 is 34.3 Å². The van der Waals surface area contributed by atoms with E-state index in [4.69, 9.17) is 9.47 Å². The van der Waals surface area contributed by atoms with Crippen molar-refractivity contribution in [2.75, 3.05) is 18.1 Å². The van der Waals surface area contributed by atoms with Gasteiger partial charge in [0.05, 0.1) is 19.1 Å². The zero-order valence-corrected chi connectivity index (χ0v) is 15.6. The molecule has 0 aliphatic carbocycles. The number of carbonyl (C=O) groups excluding carboxylic acids is 2. The molecular weight excluding hydrogens is 411 g/mol. The summed E-state index contributed by atoms with van der Waals surface area (Å²) in [6.45, 7) is 1.80. The van der Waals surface area contributed by atoms with E-state index >= 15 is 0 Å². The van der Waals surface area contributed by atoms with Crippen molar-refractivity contribution in [3.05, 3.63) is 23.8 Å². The van der Waals surface area contributed by atoms with Crippen LogP contribution in [0.3, 0.4) is 0 Å². The highest BCUT2D eigenvalue weighted by Crippen LogP contribution is 2.38. The number of hydrogen-bond donors (Lipinski definition) is 0. The molecule has 1 heterocycles. The van der Waals surface area contributed by atoms with Crippen molar-refractivity contribution in [1.82, 2.24) is 0 Å². The summed E-state index contributed by atoms with van der Waals surface area (Å²) in [5.41, 5.74) is 0.0958. The first kappa shape index (κ1) is 18.0. The van der Waals surface area contributed by atoms with Gasteiger partial charge in [-0.05, 0) is 42.7 Å². The van der Waals surface area contributed by atoms with Gasteiger partial charge in [0, 0.05) is 6.07 Å². The number of hydrogen-bond acceptors (Lipinski definition) is 5. The molecule has 1 unspecified atom stereocenters. The molecule has 1 aliphatic heterocycles. The van der Waals surface area contributed by atoms with Crippen LogP contribution in [0.15, 0.2) is 18.2 Å². The molecule has 126 valence electrons. The van der Waals surface area contributed by atoms with Crippen LogP contribution in [0.5, 0.6) is 11.5 Å². The number of carbonyl (C=O) groups is 2. The summed E-state index contributed by atoms with van der Waals surface area (Å²) >= 11 is 2.35. The minimum atomic E-state index is -0.475. The fourth-order valence-electron chi connectivity index (χ4n) is 2.58. The third kappa shape index (κ3) is 4.83. The van der Waals surface area contributed by atoms with Crippen molar-refractivity contribution in [2.24, 2.45) is 0 Å². The molecule has 6 heteroatoms. The van der Waals surface area contributed by atoms with E-state index in [1.807, 2.05) is 6.92 Å². The number of rotatable bonds is 7. The van der Waals surface area contributed by atoms with Gasteiger partial charge in [0.1, 0.15) is 17.1 Å². The number of halogens is 1. The molecule has 0 bridgehead atoms. The van der Waals surface area contributed by atoms with Crippen LogP contribution < -0.4 is 9.47 Å². The number of methoxy groups -OCH3 is 1. The lowest BCUT2D eigenvalue weighted by atomic mass is 9.87. The molecule has 23 heavy (non-hydrogen) atoms. The van der Waals surface area contributed by atoms with Crippen LogP contribution in [0, 0.1) is 0 Å². The average Bonchev–Trinajstić information content (AvgIpc) is 2.52. The molecule has 0 amide bonds. The molecule has 1 atom stereocenters. The van der Waals surface area contributed by atoms with E-state index in [0.29, 0.717) is 23.5 Å². The van der Waals surface area contributed by atoms with Crippen LogP contribution in [0.4, 0.5) is 0 Å². The normalized spacial score (nSPS) is 19.7. The summed E-state index contributed by atoms with van der Waals surface area (Å²) in [6, 6.07) is 5.03. The lowest BCUT2D eigenvalue weighted by molar-refractivity contribution is -0.142. The standard InChI is InChI=1S/C17H21IO5/c1-17(7-3-4-8-18)10-14(19)13-6-5-12(9-15(13)23-17)22-11-16(20)21-2/h5-6,9H,3-4,7-8,10-11H2,1-2H3. The second-order valence-corrected chi connectivity index (χ2v) is 6.90. The maximum absolute atomic E-state index is 12.4. The van der Waals surface area contributed by atoms with E-state index in [1.165, 1.54) is 7.11 Å². The Hall–Kier alpha value is -1.31. The van der Waals surface area contributed by atoms with Gasteiger partial charge in [-0.2, -0.15) is 0 Å². The molecule has 5 nitrogen and oxygen atoms in total. The summed E-state index contributed by atoms with van der Waals surface area (Å²) < 4.78 is 17.1. The Bertz CT molecular complexity index is 586. The van der Waals surface area contributed by atoms with E-state index in [2.05, 4.69) is 27.3 Å². The summed E-state index contributed by atoms with van der Waals surface area (Å²) in [7, 11) is 1.31. The van der Waals surface area contributed by atoms with Gasteiger partial charge >= 0.3 is 5.97 Å². The van der Waals surface area contributed by atoms with Gasteiger partial charge in [-0.25, -0.2) is 4.79 Å². The predicted molar refractivity (Wildman–Crippen MR) is 94.7 cm³/mol. The number of esters is 1. The molecule has 1 aromatic carbocycles. The van der Waals surface area contributed by atoms with Crippen molar-refractivity contribution in [2.45, 2.75) is 38.2 Å². The van der Waals surface area contributed by atoms with E-state index < -0.39 is 11.6 Å². The Labute approximate surface area is 149 Å². The van der Waals surface area contributed by atoms with E-state index in [-0.39, 0.29) is 12.4 Å². The van der Waals surface area contributed by atoms with E-state index in [1.54, 1.807) is 18.2 Å². The van der Waals surface area contributed by atoms with Crippen LogP contribution in [0.1, 0.15) is 43.0 Å². The minimum absolute atomic E-state index is 0.0859. The van der Waals surface area contributed by atoms with Crippen LogP contribution in [-0.4, -0.2) is 35.5 Å². The summed E-state index contributed by atoms with van der Waals surface area (Å²) in [5.74, 6) is 0.644. The Morgan fingerprint density at radius 3 is 2.87 bits per heavy atom. The highest BCUT2D eigenvalue weighted by Gasteiger charge is 2.36. The number of benzene rings is 1. The number of ketones is 1. The maximum Gasteiger partial charge on any atom is 0.343 e. The van der Waals surface area contributed by atoms with Crippen molar-refractivity contribution < 1.29 is 23.8 Å². The van der Waals surface area contributed by atoms with Gasteiger partial charge in [0.15, 0.2) is 12.4 Å². The van der Waals surface area contributed by atoms with Gasteiger partial charge in [-0.1, -0.05) is 22.6 Å². The molecule has 0 saturated carbocycles. The number of ether oxygens (including phenoxy) is 3. The maximum atomic E-state index is 12.4. The highest BCUT2D eigenvalue weighted by atomic mass is 127. The van der Waals surface area contributed by atoms with Crippen LogP contribution >= 0.6 is 22.6 Å². The molecule has 0 saturated heterocycles. The molecule has 0 spiro atoms. The fraction of sp³-hybridized carbons (Fsp3) is 0.529. The molecule has 1 aromatic rings.